The number of carboxylic acid groups (broad SMARTS) is 1. The van der Waals surface area contributed by atoms with Gasteiger partial charge in [0.1, 0.15) is 4.90 Å². The molecular weight excluding hydrogens is 419 g/mol. The Morgan fingerprint density at radius 1 is 1.17 bits per heavy atom. The van der Waals surface area contributed by atoms with Gasteiger partial charge in [-0.2, -0.15) is 0 Å². The van der Waals surface area contributed by atoms with E-state index in [1.807, 2.05) is 0 Å². The van der Waals surface area contributed by atoms with Gasteiger partial charge in [0.25, 0.3) is 5.91 Å². The van der Waals surface area contributed by atoms with Crippen molar-refractivity contribution in [3.63, 3.8) is 0 Å². The lowest BCUT2D eigenvalue weighted by Crippen LogP contribution is -2.06. The first kappa shape index (κ1) is 20.9. The summed E-state index contributed by atoms with van der Waals surface area (Å²) >= 11 is 0. The summed E-state index contributed by atoms with van der Waals surface area (Å²) in [6, 6.07) is 1.32. The molecule has 5 nitrogen and oxygen atoms in total. The summed E-state index contributed by atoms with van der Waals surface area (Å²) in [5.41, 5.74) is 1.89. The van der Waals surface area contributed by atoms with Gasteiger partial charge in [-0.1, -0.05) is 19.4 Å². The maximum absolute atomic E-state index is 13.2. The molecule has 1 aliphatic heterocycles. The molecule has 0 fully saturated rings. The summed E-state index contributed by atoms with van der Waals surface area (Å²) < 4.78 is 65.8. The zero-order chi connectivity index (χ0) is 21.8. The van der Waals surface area contributed by atoms with Crippen molar-refractivity contribution < 1.29 is 34.1 Å². The average Bonchev–Trinajstić information content (AvgIpc) is 3.00. The largest absolute Gasteiger partial charge is 0.481 e. The molecule has 0 spiro atoms. The first-order chi connectivity index (χ1) is 13.1. The number of H-pyrrole nitrogens is 1. The molecule has 1 amide bonds. The van der Waals surface area contributed by atoms with Crippen molar-refractivity contribution in [3.05, 3.63) is 46.3 Å². The third-order valence-corrected chi connectivity index (χ3v) is 5.87. The molecule has 29 heavy (non-hydrogen) atoms. The molecule has 158 valence electrons. The SMILES string of the molecule is Cc1[nH]c(/C=C2\C(=O)Nc3ccc(S(F)(F)(F)(F)F)cc32)c(C)c1CCC(=O)O. The lowest BCUT2D eigenvalue weighted by atomic mass is 10.0. The molecule has 0 bridgehead atoms. The summed E-state index contributed by atoms with van der Waals surface area (Å²) in [6.07, 6.45) is 1.39. The van der Waals surface area contributed by atoms with Gasteiger partial charge in [-0.25, -0.2) is 0 Å². The molecule has 0 saturated carbocycles. The summed E-state index contributed by atoms with van der Waals surface area (Å²) in [7, 11) is -9.90. The number of fused-ring (bicyclic) bond motifs is 1. The molecule has 1 aromatic heterocycles. The number of anilines is 1. The van der Waals surface area contributed by atoms with Crippen molar-refractivity contribution in [3.8, 4) is 0 Å². The van der Waals surface area contributed by atoms with Crippen LogP contribution in [0.2, 0.25) is 0 Å². The molecule has 2 aromatic rings. The number of nitrogens with one attached hydrogen (secondary N) is 2. The van der Waals surface area contributed by atoms with Crippen molar-refractivity contribution in [2.45, 2.75) is 31.6 Å². The van der Waals surface area contributed by atoms with Crippen LogP contribution in [0.15, 0.2) is 23.1 Å². The highest BCUT2D eigenvalue weighted by Gasteiger charge is 2.65. The summed E-state index contributed by atoms with van der Waals surface area (Å²) in [5.74, 6) is -1.71. The third-order valence-electron chi connectivity index (χ3n) is 4.73. The van der Waals surface area contributed by atoms with Crippen LogP contribution in [-0.4, -0.2) is 22.0 Å². The normalized spacial score (nSPS) is 17.6. The number of aromatic nitrogens is 1. The molecule has 0 saturated heterocycles. The molecule has 1 aromatic carbocycles. The second-order valence-corrected chi connectivity index (χ2v) is 9.26. The quantitative estimate of drug-likeness (QED) is 0.409. The number of carbonyl (C=O) groups is 2. The number of carbonyl (C=O) groups excluding carboxylic acids is 1. The van der Waals surface area contributed by atoms with E-state index in [0.29, 0.717) is 22.5 Å². The van der Waals surface area contributed by atoms with Crippen LogP contribution in [0.25, 0.3) is 11.6 Å². The van der Waals surface area contributed by atoms with Gasteiger partial charge >= 0.3 is 16.2 Å². The number of rotatable bonds is 5. The van der Waals surface area contributed by atoms with Crippen LogP contribution in [0.5, 0.6) is 0 Å². The number of aliphatic carboxylic acids is 1. The highest BCUT2D eigenvalue weighted by molar-refractivity contribution is 8.45. The summed E-state index contributed by atoms with van der Waals surface area (Å²) in [5, 5.41) is 11.2. The highest BCUT2D eigenvalue weighted by Crippen LogP contribution is 3.02. The van der Waals surface area contributed by atoms with E-state index >= 15 is 0 Å². The Balaban J connectivity index is 2.09. The Morgan fingerprint density at radius 3 is 2.41 bits per heavy atom. The topological polar surface area (TPSA) is 82.2 Å². The number of halogens is 5. The van der Waals surface area contributed by atoms with Crippen LogP contribution in [0.1, 0.15) is 34.5 Å². The number of amides is 1. The molecule has 0 aliphatic carbocycles. The number of hydrogen-bond donors (Lipinski definition) is 3. The number of hydrogen-bond acceptors (Lipinski definition) is 2. The number of aryl methyl sites for hydroxylation is 1. The average molecular weight is 436 g/mol. The molecule has 1 aliphatic rings. The second kappa shape index (κ2) is 5.85. The van der Waals surface area contributed by atoms with Crippen LogP contribution in [0.4, 0.5) is 25.1 Å². The van der Waals surface area contributed by atoms with Gasteiger partial charge in [0.05, 0.1) is 5.57 Å². The number of carboxylic acids is 1. The minimum absolute atomic E-state index is 0.00104. The Labute approximate surface area is 162 Å². The minimum atomic E-state index is -9.90. The van der Waals surface area contributed by atoms with E-state index in [1.54, 1.807) is 13.8 Å². The Morgan fingerprint density at radius 2 is 1.83 bits per heavy atom. The fraction of sp³-hybridized carbons (Fsp3) is 0.222. The Kier molecular flexibility index (Phi) is 4.21. The molecule has 3 N–H and O–H groups in total. The molecule has 3 rings (SSSR count). The Hall–Kier alpha value is -2.82. The molecule has 0 atom stereocenters. The predicted molar refractivity (Wildman–Crippen MR) is 101 cm³/mol. The Bertz CT molecular complexity index is 1090. The van der Waals surface area contributed by atoms with E-state index in [0.717, 1.165) is 6.07 Å². The van der Waals surface area contributed by atoms with Crippen LogP contribution < -0.4 is 5.32 Å². The van der Waals surface area contributed by atoms with E-state index in [2.05, 4.69) is 10.3 Å². The van der Waals surface area contributed by atoms with Crippen LogP contribution in [0.3, 0.4) is 0 Å². The van der Waals surface area contributed by atoms with Gasteiger partial charge in [-0.3, -0.25) is 9.59 Å². The standard InChI is InChI=1S/C18H17F5N2O3S/c1-9-12(4-6-17(26)27)10(2)24-16(9)8-14-13-7-11(29(19,20,21,22)23)3-5-15(13)25-18(14)28/h3,5,7-8,24H,4,6H2,1-2H3,(H,25,28)(H,26,27)/b14-8-. The van der Waals surface area contributed by atoms with Gasteiger partial charge in [-0.15, -0.1) is 0 Å². The van der Waals surface area contributed by atoms with Gasteiger partial charge in [-0.05, 0) is 55.7 Å². The molecular formula is C18H17F5N2O3S. The van der Waals surface area contributed by atoms with Crippen molar-refractivity contribution in [1.82, 2.24) is 4.98 Å². The predicted octanol–water partition coefficient (Wildman–Crippen LogP) is 5.80. The van der Waals surface area contributed by atoms with Crippen molar-refractivity contribution in [2.75, 3.05) is 5.32 Å². The second-order valence-electron chi connectivity index (χ2n) is 6.85. The van der Waals surface area contributed by atoms with Crippen molar-refractivity contribution in [2.24, 2.45) is 0 Å². The number of benzene rings is 1. The zero-order valence-electron chi connectivity index (χ0n) is 15.3. The van der Waals surface area contributed by atoms with E-state index in [1.165, 1.54) is 6.08 Å². The van der Waals surface area contributed by atoms with Crippen LogP contribution in [0, 0.1) is 13.8 Å². The van der Waals surface area contributed by atoms with E-state index in [-0.39, 0.29) is 41.8 Å². The smallest absolute Gasteiger partial charge is 0.310 e. The maximum Gasteiger partial charge on any atom is 0.310 e. The van der Waals surface area contributed by atoms with Crippen molar-refractivity contribution in [1.29, 1.82) is 0 Å². The van der Waals surface area contributed by atoms with Crippen molar-refractivity contribution >= 4 is 39.4 Å². The fourth-order valence-electron chi connectivity index (χ4n) is 3.26. The first-order valence-electron chi connectivity index (χ1n) is 8.38. The van der Waals surface area contributed by atoms with Gasteiger partial charge in [0.15, 0.2) is 0 Å². The first-order valence-corrected chi connectivity index (χ1v) is 10.3. The number of aromatic amines is 1. The van der Waals surface area contributed by atoms with Gasteiger partial charge < -0.3 is 15.4 Å². The molecule has 0 radical (unpaired) electrons. The third kappa shape index (κ3) is 4.14. The highest BCUT2D eigenvalue weighted by atomic mass is 32.5. The maximum atomic E-state index is 13.2. The van der Waals surface area contributed by atoms with Gasteiger partial charge in [0.2, 0.25) is 0 Å². The minimum Gasteiger partial charge on any atom is -0.481 e. The molecule has 0 unspecified atom stereocenters. The zero-order valence-corrected chi connectivity index (χ0v) is 16.1. The van der Waals surface area contributed by atoms with Gasteiger partial charge in [0, 0.05) is 29.1 Å². The van der Waals surface area contributed by atoms with E-state index in [4.69, 9.17) is 5.11 Å². The van der Waals surface area contributed by atoms with E-state index < -0.39 is 27.0 Å². The molecule has 11 heteroatoms. The lowest BCUT2D eigenvalue weighted by Gasteiger charge is -2.40. The monoisotopic (exact) mass is 436 g/mol. The van der Waals surface area contributed by atoms with E-state index in [9.17, 15) is 29.0 Å². The van der Waals surface area contributed by atoms with Crippen LogP contribution >= 0.6 is 10.2 Å². The summed E-state index contributed by atoms with van der Waals surface area (Å²) in [4.78, 5) is 23.9. The van der Waals surface area contributed by atoms with Crippen LogP contribution in [-0.2, 0) is 16.0 Å². The summed E-state index contributed by atoms with van der Waals surface area (Å²) in [6.45, 7) is 3.37. The fourth-order valence-corrected chi connectivity index (χ4v) is 3.93. The molecule has 2 heterocycles. The lowest BCUT2D eigenvalue weighted by molar-refractivity contribution is -0.137.